The van der Waals surface area contributed by atoms with E-state index in [0.717, 1.165) is 25.7 Å². The maximum Gasteiger partial charge on any atom is 0.185 e. The summed E-state index contributed by atoms with van der Waals surface area (Å²) in [6, 6.07) is 3.64. The first-order valence-electron chi connectivity index (χ1n) is 11.2. The quantitative estimate of drug-likeness (QED) is 0.364. The Balaban J connectivity index is 1.80. The number of carbonyl (C=O) groups excluding carboxylic acids is 1. The molecule has 1 aromatic carbocycles. The third-order valence-electron chi connectivity index (χ3n) is 6.68. The van der Waals surface area contributed by atoms with Crippen LogP contribution in [-0.2, 0) is 4.79 Å². The molecule has 6 nitrogen and oxygen atoms in total. The molecule has 0 atom stereocenters. The van der Waals surface area contributed by atoms with Crippen molar-refractivity contribution in [1.82, 2.24) is 9.80 Å². The van der Waals surface area contributed by atoms with Crippen molar-refractivity contribution in [1.29, 1.82) is 5.41 Å². The van der Waals surface area contributed by atoms with Gasteiger partial charge in [0.05, 0.1) is 0 Å². The zero-order chi connectivity index (χ0) is 21.8. The van der Waals surface area contributed by atoms with Gasteiger partial charge in [-0.05, 0) is 69.2 Å². The molecule has 0 unspecified atom stereocenters. The molecule has 2 aliphatic rings. The molecule has 0 bridgehead atoms. The summed E-state index contributed by atoms with van der Waals surface area (Å²) in [5.41, 5.74) is 1.60. The zero-order valence-electron chi connectivity index (χ0n) is 18.2. The van der Waals surface area contributed by atoms with Crippen LogP contribution < -0.4 is 0 Å². The highest BCUT2D eigenvalue weighted by molar-refractivity contribution is 6.27. The molecule has 1 saturated carbocycles. The smallest absolute Gasteiger partial charge is 0.185 e. The Morgan fingerprint density at radius 1 is 1.13 bits per heavy atom. The minimum atomic E-state index is -0.139. The number of phenols is 2. The van der Waals surface area contributed by atoms with Gasteiger partial charge in [-0.15, -0.1) is 0 Å². The Hall–Kier alpha value is -2.34. The standard InChI is InChI=1S/C24H35N3O3/c1-16(2)20-13-21(23(30)14-22(20)29)17(3)27(24(25)15-28)19-9-7-18(8-10-19)26-11-5-4-6-12-26/h13-16,18-19,25,29-30H,3-12H2,1-2H3. The lowest BCUT2D eigenvalue weighted by Gasteiger charge is -2.42. The highest BCUT2D eigenvalue weighted by Gasteiger charge is 2.32. The number of rotatable bonds is 6. The van der Waals surface area contributed by atoms with E-state index >= 15 is 0 Å². The molecule has 3 N–H and O–H groups in total. The Kier molecular flexibility index (Phi) is 7.19. The van der Waals surface area contributed by atoms with Crippen molar-refractivity contribution in [3.05, 3.63) is 29.8 Å². The largest absolute Gasteiger partial charge is 0.508 e. The monoisotopic (exact) mass is 413 g/mol. The fraction of sp³-hybridized carbons (Fsp3) is 0.583. The number of likely N-dealkylation sites (tertiary alicyclic amines) is 1. The van der Waals surface area contributed by atoms with Crippen LogP contribution >= 0.6 is 0 Å². The number of aldehydes is 1. The van der Waals surface area contributed by atoms with E-state index in [1.54, 1.807) is 11.0 Å². The minimum Gasteiger partial charge on any atom is -0.508 e. The van der Waals surface area contributed by atoms with E-state index in [-0.39, 0.29) is 29.3 Å². The van der Waals surface area contributed by atoms with Crippen molar-refractivity contribution < 1.29 is 15.0 Å². The molecule has 1 heterocycles. The van der Waals surface area contributed by atoms with E-state index in [9.17, 15) is 15.0 Å². The summed E-state index contributed by atoms with van der Waals surface area (Å²) in [6.07, 6.45) is 8.26. The van der Waals surface area contributed by atoms with Crippen molar-refractivity contribution in [3.63, 3.8) is 0 Å². The Bertz CT molecular complexity index is 791. The first-order valence-corrected chi connectivity index (χ1v) is 11.2. The number of amidine groups is 1. The average molecular weight is 414 g/mol. The van der Waals surface area contributed by atoms with Crippen LogP contribution in [0.2, 0.25) is 0 Å². The molecule has 1 aliphatic carbocycles. The molecular weight excluding hydrogens is 378 g/mol. The second kappa shape index (κ2) is 9.65. The summed E-state index contributed by atoms with van der Waals surface area (Å²) in [5.74, 6) is -0.123. The van der Waals surface area contributed by atoms with Crippen molar-refractivity contribution in [2.24, 2.45) is 0 Å². The number of aromatic hydroxyl groups is 2. The third kappa shape index (κ3) is 4.69. The molecular formula is C24H35N3O3. The van der Waals surface area contributed by atoms with E-state index in [1.807, 2.05) is 13.8 Å². The lowest BCUT2D eigenvalue weighted by atomic mass is 9.87. The number of phenolic OH excluding ortho intramolecular Hbond substituents is 2. The van der Waals surface area contributed by atoms with E-state index in [0.29, 0.717) is 29.2 Å². The van der Waals surface area contributed by atoms with E-state index in [1.165, 1.54) is 38.4 Å². The maximum absolute atomic E-state index is 11.5. The normalized spacial score (nSPS) is 22.6. The van der Waals surface area contributed by atoms with Crippen molar-refractivity contribution in [2.45, 2.75) is 76.8 Å². The molecule has 0 aromatic heterocycles. The van der Waals surface area contributed by atoms with Crippen LogP contribution in [0.15, 0.2) is 18.7 Å². The summed E-state index contributed by atoms with van der Waals surface area (Å²) < 4.78 is 0. The van der Waals surface area contributed by atoms with Crippen LogP contribution in [-0.4, -0.2) is 57.3 Å². The highest BCUT2D eigenvalue weighted by Crippen LogP contribution is 2.38. The van der Waals surface area contributed by atoms with Gasteiger partial charge < -0.3 is 20.0 Å². The van der Waals surface area contributed by atoms with Gasteiger partial charge in [0.25, 0.3) is 0 Å². The number of piperidine rings is 1. The Labute approximate surface area is 179 Å². The number of benzene rings is 1. The van der Waals surface area contributed by atoms with Gasteiger partial charge in [0.15, 0.2) is 12.1 Å². The zero-order valence-corrected chi connectivity index (χ0v) is 18.2. The summed E-state index contributed by atoms with van der Waals surface area (Å²) in [6.45, 7) is 10.4. The van der Waals surface area contributed by atoms with Gasteiger partial charge >= 0.3 is 0 Å². The van der Waals surface area contributed by atoms with Gasteiger partial charge in [-0.1, -0.05) is 26.8 Å². The third-order valence-corrected chi connectivity index (χ3v) is 6.68. The van der Waals surface area contributed by atoms with Gasteiger partial charge in [-0.3, -0.25) is 10.2 Å². The number of hydrogen-bond acceptors (Lipinski definition) is 5. The van der Waals surface area contributed by atoms with Crippen LogP contribution in [0.4, 0.5) is 0 Å². The van der Waals surface area contributed by atoms with Crippen molar-refractivity contribution in [3.8, 4) is 11.5 Å². The topological polar surface area (TPSA) is 87.9 Å². The lowest BCUT2D eigenvalue weighted by molar-refractivity contribution is -0.103. The van der Waals surface area contributed by atoms with Crippen LogP contribution in [0.25, 0.3) is 5.70 Å². The first kappa shape index (κ1) is 22.3. The van der Waals surface area contributed by atoms with Crippen LogP contribution in [0.1, 0.15) is 75.8 Å². The molecule has 164 valence electrons. The molecule has 1 aliphatic heterocycles. The van der Waals surface area contributed by atoms with Crippen molar-refractivity contribution >= 4 is 17.8 Å². The molecule has 2 fully saturated rings. The minimum absolute atomic E-state index is 0.00643. The molecule has 0 amide bonds. The predicted molar refractivity (Wildman–Crippen MR) is 120 cm³/mol. The van der Waals surface area contributed by atoms with E-state index < -0.39 is 0 Å². The molecule has 6 heteroatoms. The molecule has 1 saturated heterocycles. The number of nitrogens with one attached hydrogen (secondary N) is 1. The maximum atomic E-state index is 11.5. The lowest BCUT2D eigenvalue weighted by Crippen LogP contribution is -2.46. The molecule has 0 spiro atoms. The van der Waals surface area contributed by atoms with Gasteiger partial charge in [0, 0.05) is 29.4 Å². The van der Waals surface area contributed by atoms with Crippen LogP contribution in [0.3, 0.4) is 0 Å². The summed E-state index contributed by atoms with van der Waals surface area (Å²) in [5, 5.41) is 28.9. The van der Waals surface area contributed by atoms with Crippen molar-refractivity contribution in [2.75, 3.05) is 13.1 Å². The van der Waals surface area contributed by atoms with E-state index in [2.05, 4.69) is 11.5 Å². The highest BCUT2D eigenvalue weighted by atomic mass is 16.3. The fourth-order valence-electron chi connectivity index (χ4n) is 5.00. The Morgan fingerprint density at radius 3 is 2.33 bits per heavy atom. The van der Waals surface area contributed by atoms with Gasteiger partial charge in [0.2, 0.25) is 0 Å². The molecule has 3 rings (SSSR count). The molecule has 0 radical (unpaired) electrons. The second-order valence-electron chi connectivity index (χ2n) is 8.96. The average Bonchev–Trinajstić information content (AvgIpc) is 2.74. The SMILES string of the molecule is C=C(c1cc(C(C)C)c(O)cc1O)N(C(=N)C=O)C1CCC(N2CCCCC2)CC1. The second-order valence-corrected chi connectivity index (χ2v) is 8.96. The molecule has 1 aromatic rings. The van der Waals surface area contributed by atoms with Gasteiger partial charge in [-0.25, -0.2) is 0 Å². The summed E-state index contributed by atoms with van der Waals surface area (Å²) in [4.78, 5) is 15.8. The molecule has 30 heavy (non-hydrogen) atoms. The fourth-order valence-corrected chi connectivity index (χ4v) is 5.00. The Morgan fingerprint density at radius 2 is 1.77 bits per heavy atom. The van der Waals surface area contributed by atoms with Crippen LogP contribution in [0.5, 0.6) is 11.5 Å². The summed E-state index contributed by atoms with van der Waals surface area (Å²) >= 11 is 0. The predicted octanol–water partition coefficient (Wildman–Crippen LogP) is 4.47. The number of hydrogen-bond donors (Lipinski definition) is 3. The van der Waals surface area contributed by atoms with Gasteiger partial charge in [-0.2, -0.15) is 0 Å². The van der Waals surface area contributed by atoms with Crippen LogP contribution in [0, 0.1) is 5.41 Å². The van der Waals surface area contributed by atoms with Gasteiger partial charge in [0.1, 0.15) is 11.5 Å². The van der Waals surface area contributed by atoms with E-state index in [4.69, 9.17) is 5.41 Å². The number of carbonyl (C=O) groups is 1. The first-order chi connectivity index (χ1) is 14.3. The summed E-state index contributed by atoms with van der Waals surface area (Å²) in [7, 11) is 0. The number of nitrogens with zero attached hydrogens (tertiary/aromatic N) is 2.